The lowest BCUT2D eigenvalue weighted by molar-refractivity contribution is -0.136. The van der Waals surface area contributed by atoms with Crippen molar-refractivity contribution in [1.29, 1.82) is 0 Å². The van der Waals surface area contributed by atoms with Gasteiger partial charge in [0.2, 0.25) is 5.91 Å². The van der Waals surface area contributed by atoms with Gasteiger partial charge >= 0.3 is 0 Å². The van der Waals surface area contributed by atoms with Crippen LogP contribution < -0.4 is 0 Å². The highest BCUT2D eigenvalue weighted by Gasteiger charge is 2.32. The molecule has 1 aromatic rings. The van der Waals surface area contributed by atoms with Gasteiger partial charge < -0.3 is 9.64 Å². The molecule has 0 saturated carbocycles. The van der Waals surface area contributed by atoms with Gasteiger partial charge in [0.05, 0.1) is 26.0 Å². The summed E-state index contributed by atoms with van der Waals surface area (Å²) in [5, 5.41) is 4.35. The molecular formula is C18H31N5O2. The lowest BCUT2D eigenvalue weighted by Gasteiger charge is -2.40. The fourth-order valence-electron chi connectivity index (χ4n) is 4.18. The molecule has 0 aliphatic carbocycles. The van der Waals surface area contributed by atoms with Gasteiger partial charge in [-0.25, -0.2) is 0 Å². The molecule has 0 N–H and O–H groups in total. The van der Waals surface area contributed by atoms with Crippen molar-refractivity contribution in [2.45, 2.75) is 18.9 Å². The van der Waals surface area contributed by atoms with Gasteiger partial charge in [-0.15, -0.1) is 0 Å². The predicted molar refractivity (Wildman–Crippen MR) is 96.2 cm³/mol. The van der Waals surface area contributed by atoms with Crippen LogP contribution in [0.4, 0.5) is 0 Å². The zero-order valence-corrected chi connectivity index (χ0v) is 15.7. The molecule has 7 nitrogen and oxygen atoms in total. The number of aryl methyl sites for hydroxylation is 1. The molecule has 0 bridgehead atoms. The minimum absolute atomic E-state index is 0.216. The average Bonchev–Trinajstić information content (AvgIpc) is 3.01. The summed E-state index contributed by atoms with van der Waals surface area (Å²) in [6, 6.07) is 0.378. The zero-order valence-electron chi connectivity index (χ0n) is 15.7. The molecule has 140 valence electrons. The Morgan fingerprint density at radius 3 is 2.76 bits per heavy atom. The van der Waals surface area contributed by atoms with Crippen molar-refractivity contribution in [1.82, 2.24) is 24.5 Å². The SMILES string of the molecule is CN(CC(=O)N1CCOCC1)C[C@@H]1CCCN(C)[C@H]1c1cnn(C)c1. The van der Waals surface area contributed by atoms with Crippen LogP contribution in [0.15, 0.2) is 12.4 Å². The third-order valence-electron chi connectivity index (χ3n) is 5.39. The maximum atomic E-state index is 12.5. The highest BCUT2D eigenvalue weighted by atomic mass is 16.5. The van der Waals surface area contributed by atoms with Crippen molar-refractivity contribution in [2.75, 3.05) is 60.0 Å². The number of carbonyl (C=O) groups excluding carboxylic acids is 1. The maximum Gasteiger partial charge on any atom is 0.236 e. The van der Waals surface area contributed by atoms with E-state index in [4.69, 9.17) is 4.74 Å². The molecule has 2 aliphatic heterocycles. The van der Waals surface area contributed by atoms with E-state index in [-0.39, 0.29) is 5.91 Å². The van der Waals surface area contributed by atoms with Crippen molar-refractivity contribution in [3.05, 3.63) is 18.0 Å². The number of likely N-dealkylation sites (tertiary alicyclic amines) is 1. The number of hydrogen-bond acceptors (Lipinski definition) is 5. The fourth-order valence-corrected chi connectivity index (χ4v) is 4.18. The van der Waals surface area contributed by atoms with Crippen LogP contribution in [0.5, 0.6) is 0 Å². The van der Waals surface area contributed by atoms with E-state index in [1.54, 1.807) is 0 Å². The van der Waals surface area contributed by atoms with Gasteiger partial charge in [-0.1, -0.05) is 0 Å². The standard InChI is InChI=1S/C18H31N5O2/c1-20(14-17(24)23-7-9-25-10-8-23)12-15-5-4-6-21(2)18(15)16-11-19-22(3)13-16/h11,13,15,18H,4-10,12,14H2,1-3H3/t15-,18+/m0/s1. The quantitative estimate of drug-likeness (QED) is 0.779. The Morgan fingerprint density at radius 1 is 1.32 bits per heavy atom. The number of hydrogen-bond donors (Lipinski definition) is 0. The molecule has 2 saturated heterocycles. The maximum absolute atomic E-state index is 12.5. The van der Waals surface area contributed by atoms with Gasteiger partial charge in [-0.2, -0.15) is 5.10 Å². The number of ether oxygens (including phenoxy) is 1. The average molecular weight is 349 g/mol. The number of carbonyl (C=O) groups is 1. The summed E-state index contributed by atoms with van der Waals surface area (Å²) >= 11 is 0. The van der Waals surface area contributed by atoms with Gasteiger partial charge in [0, 0.05) is 44.5 Å². The third-order valence-corrected chi connectivity index (χ3v) is 5.39. The summed E-state index contributed by atoms with van der Waals surface area (Å²) < 4.78 is 7.21. The van der Waals surface area contributed by atoms with E-state index in [1.165, 1.54) is 18.4 Å². The van der Waals surface area contributed by atoms with Crippen LogP contribution in [-0.4, -0.2) is 90.4 Å². The first-order chi connectivity index (χ1) is 12.0. The van der Waals surface area contributed by atoms with Crippen molar-refractivity contribution < 1.29 is 9.53 Å². The zero-order chi connectivity index (χ0) is 17.8. The molecule has 1 amide bonds. The summed E-state index contributed by atoms with van der Waals surface area (Å²) in [7, 11) is 6.23. The number of amides is 1. The lowest BCUT2D eigenvalue weighted by Crippen LogP contribution is -2.47. The Morgan fingerprint density at radius 2 is 2.08 bits per heavy atom. The molecule has 25 heavy (non-hydrogen) atoms. The van der Waals surface area contributed by atoms with E-state index in [0.717, 1.165) is 26.2 Å². The van der Waals surface area contributed by atoms with Gasteiger partial charge in [-0.05, 0) is 39.4 Å². The summed E-state index contributed by atoms with van der Waals surface area (Å²) in [5.41, 5.74) is 1.28. The second-order valence-electron chi connectivity index (χ2n) is 7.47. The number of piperidine rings is 1. The van der Waals surface area contributed by atoms with Crippen LogP contribution in [0.3, 0.4) is 0 Å². The molecule has 0 radical (unpaired) electrons. The van der Waals surface area contributed by atoms with Crippen molar-refractivity contribution in [3.63, 3.8) is 0 Å². The molecule has 0 unspecified atom stereocenters. The summed E-state index contributed by atoms with van der Waals surface area (Å²) in [4.78, 5) is 19.0. The molecule has 7 heteroatoms. The highest BCUT2D eigenvalue weighted by molar-refractivity contribution is 5.78. The summed E-state index contributed by atoms with van der Waals surface area (Å²) in [6.45, 7) is 5.29. The van der Waals surface area contributed by atoms with Crippen LogP contribution >= 0.6 is 0 Å². The molecule has 2 fully saturated rings. The van der Waals surface area contributed by atoms with E-state index >= 15 is 0 Å². The molecule has 2 atom stereocenters. The number of rotatable bonds is 5. The van der Waals surface area contributed by atoms with Crippen LogP contribution in [0.25, 0.3) is 0 Å². The number of nitrogens with zero attached hydrogens (tertiary/aromatic N) is 5. The van der Waals surface area contributed by atoms with Crippen LogP contribution in [-0.2, 0) is 16.6 Å². The van der Waals surface area contributed by atoms with Crippen LogP contribution in [0, 0.1) is 5.92 Å². The van der Waals surface area contributed by atoms with E-state index in [2.05, 4.69) is 35.2 Å². The topological polar surface area (TPSA) is 53.8 Å². The molecule has 3 rings (SSSR count). The highest BCUT2D eigenvalue weighted by Crippen LogP contribution is 2.35. The Hall–Kier alpha value is -1.44. The summed E-state index contributed by atoms with van der Waals surface area (Å²) in [5.74, 6) is 0.735. The molecule has 0 aromatic carbocycles. The Balaban J connectivity index is 1.59. The first-order valence-corrected chi connectivity index (χ1v) is 9.27. The van der Waals surface area contributed by atoms with E-state index in [1.807, 2.05) is 22.8 Å². The van der Waals surface area contributed by atoms with Gasteiger partial charge in [0.15, 0.2) is 0 Å². The van der Waals surface area contributed by atoms with Crippen molar-refractivity contribution in [2.24, 2.45) is 13.0 Å². The minimum atomic E-state index is 0.216. The van der Waals surface area contributed by atoms with E-state index < -0.39 is 0 Å². The van der Waals surface area contributed by atoms with Gasteiger partial charge in [0.25, 0.3) is 0 Å². The van der Waals surface area contributed by atoms with Gasteiger partial charge in [-0.3, -0.25) is 19.3 Å². The largest absolute Gasteiger partial charge is 0.378 e. The monoisotopic (exact) mass is 349 g/mol. The second-order valence-corrected chi connectivity index (χ2v) is 7.47. The van der Waals surface area contributed by atoms with Crippen LogP contribution in [0.1, 0.15) is 24.4 Å². The molecule has 2 aliphatic rings. The smallest absolute Gasteiger partial charge is 0.236 e. The summed E-state index contributed by atoms with van der Waals surface area (Å²) in [6.07, 6.45) is 6.51. The third kappa shape index (κ3) is 4.59. The van der Waals surface area contributed by atoms with Crippen molar-refractivity contribution >= 4 is 5.91 Å². The first kappa shape index (κ1) is 18.4. The Bertz CT molecular complexity index is 570. The van der Waals surface area contributed by atoms with Crippen molar-refractivity contribution in [3.8, 4) is 0 Å². The number of likely N-dealkylation sites (N-methyl/N-ethyl adjacent to an activating group) is 1. The lowest BCUT2D eigenvalue weighted by atomic mass is 9.86. The molecule has 0 spiro atoms. The van der Waals surface area contributed by atoms with E-state index in [9.17, 15) is 4.79 Å². The predicted octanol–water partition coefficient (Wildman–Crippen LogP) is 0.594. The molecular weight excluding hydrogens is 318 g/mol. The molecule has 3 heterocycles. The normalized spacial score (nSPS) is 25.5. The minimum Gasteiger partial charge on any atom is -0.378 e. The first-order valence-electron chi connectivity index (χ1n) is 9.27. The number of morpholine rings is 1. The van der Waals surface area contributed by atoms with Crippen LogP contribution in [0.2, 0.25) is 0 Å². The second kappa shape index (κ2) is 8.29. The Labute approximate surface area is 150 Å². The fraction of sp³-hybridized carbons (Fsp3) is 0.778. The van der Waals surface area contributed by atoms with E-state index in [0.29, 0.717) is 31.7 Å². The molecule has 1 aromatic heterocycles. The Kier molecular flexibility index (Phi) is 6.09. The number of aromatic nitrogens is 2. The van der Waals surface area contributed by atoms with Gasteiger partial charge in [0.1, 0.15) is 0 Å².